The summed E-state index contributed by atoms with van der Waals surface area (Å²) in [7, 11) is 0. The van der Waals surface area contributed by atoms with Crippen LogP contribution in [0.4, 0.5) is 24.1 Å². The van der Waals surface area contributed by atoms with E-state index in [4.69, 9.17) is 17.3 Å². The zero-order valence-corrected chi connectivity index (χ0v) is 11.6. The Bertz CT molecular complexity index is 600. The van der Waals surface area contributed by atoms with Crippen LogP contribution in [0.3, 0.4) is 0 Å². The van der Waals surface area contributed by atoms with Gasteiger partial charge in [-0.2, -0.15) is 13.2 Å². The summed E-state index contributed by atoms with van der Waals surface area (Å²) in [4.78, 5) is 7.89. The Labute approximate surface area is 121 Å². The monoisotopic (exact) mass is 322 g/mol. The van der Waals surface area contributed by atoms with Crippen LogP contribution < -0.4 is 11.1 Å². The number of nitrogens with two attached hydrogens (primary N) is 1. The predicted octanol–water partition coefficient (Wildman–Crippen LogP) is 3.46. The molecule has 0 fully saturated rings. The normalized spacial score (nSPS) is 11.7. The van der Waals surface area contributed by atoms with Crippen molar-refractivity contribution in [2.45, 2.75) is 12.6 Å². The fourth-order valence-corrected chi connectivity index (χ4v) is 2.37. The molecule has 0 aliphatic carbocycles. The average molecular weight is 323 g/mol. The lowest BCUT2D eigenvalue weighted by Gasteiger charge is -2.09. The van der Waals surface area contributed by atoms with Crippen molar-refractivity contribution in [2.24, 2.45) is 5.73 Å². The quantitative estimate of drug-likeness (QED) is 0.905. The molecule has 0 saturated heterocycles. The number of pyridine rings is 1. The molecule has 0 aliphatic rings. The van der Waals surface area contributed by atoms with Gasteiger partial charge in [0.15, 0.2) is 10.9 Å². The minimum atomic E-state index is -4.47. The number of anilines is 2. The first-order valence-electron chi connectivity index (χ1n) is 5.54. The van der Waals surface area contributed by atoms with Crippen LogP contribution in [-0.2, 0) is 12.6 Å². The third-order valence-electron chi connectivity index (χ3n) is 2.35. The molecule has 0 aromatic carbocycles. The van der Waals surface area contributed by atoms with Gasteiger partial charge in [0.2, 0.25) is 0 Å². The molecule has 2 rings (SSSR count). The zero-order chi connectivity index (χ0) is 14.8. The number of halogens is 4. The SMILES string of the molecule is NCCc1csc(Nc2ncc(C(F)(F)F)cc2Cl)n1. The van der Waals surface area contributed by atoms with E-state index in [1.165, 1.54) is 11.3 Å². The molecule has 2 aromatic heterocycles. The van der Waals surface area contributed by atoms with E-state index in [0.29, 0.717) is 18.1 Å². The number of thiazole rings is 1. The molecule has 0 atom stereocenters. The Balaban J connectivity index is 2.17. The lowest BCUT2D eigenvalue weighted by molar-refractivity contribution is -0.137. The molecule has 0 amide bonds. The Hall–Kier alpha value is -1.38. The molecule has 9 heteroatoms. The Morgan fingerprint density at radius 3 is 2.75 bits per heavy atom. The fraction of sp³-hybridized carbons (Fsp3) is 0.273. The van der Waals surface area contributed by atoms with Gasteiger partial charge in [-0.25, -0.2) is 9.97 Å². The summed E-state index contributed by atoms with van der Waals surface area (Å²) in [6.07, 6.45) is -3.11. The van der Waals surface area contributed by atoms with Crippen molar-refractivity contribution in [3.8, 4) is 0 Å². The Morgan fingerprint density at radius 2 is 2.15 bits per heavy atom. The third kappa shape index (κ3) is 3.59. The summed E-state index contributed by atoms with van der Waals surface area (Å²) in [5.41, 5.74) is 5.32. The molecule has 4 nitrogen and oxygen atoms in total. The van der Waals surface area contributed by atoms with Crippen LogP contribution in [0.5, 0.6) is 0 Å². The van der Waals surface area contributed by atoms with Crippen LogP contribution in [0.2, 0.25) is 5.02 Å². The van der Waals surface area contributed by atoms with Crippen LogP contribution >= 0.6 is 22.9 Å². The van der Waals surface area contributed by atoms with Crippen LogP contribution in [0.25, 0.3) is 0 Å². The van der Waals surface area contributed by atoms with Crippen molar-refractivity contribution in [3.63, 3.8) is 0 Å². The second kappa shape index (κ2) is 5.94. The number of nitrogens with zero attached hydrogens (tertiary/aromatic N) is 2. The molecule has 0 saturated carbocycles. The standard InChI is InChI=1S/C11H10ClF3N4S/c12-8-3-6(11(13,14)15)4-17-9(8)19-10-18-7(1-2-16)5-20-10/h3-5H,1-2,16H2,(H,17,18,19). The molecular formula is C11H10ClF3N4S. The van der Waals surface area contributed by atoms with E-state index in [-0.39, 0.29) is 10.8 Å². The Kier molecular flexibility index (Phi) is 4.46. The van der Waals surface area contributed by atoms with Crippen molar-refractivity contribution in [1.82, 2.24) is 9.97 Å². The van der Waals surface area contributed by atoms with Gasteiger partial charge in [-0.3, -0.25) is 0 Å². The van der Waals surface area contributed by atoms with Crippen molar-refractivity contribution >= 4 is 33.9 Å². The first kappa shape index (κ1) is 15.0. The maximum Gasteiger partial charge on any atom is 0.417 e. The van der Waals surface area contributed by atoms with E-state index in [9.17, 15) is 13.2 Å². The van der Waals surface area contributed by atoms with Crippen molar-refractivity contribution in [1.29, 1.82) is 0 Å². The molecular weight excluding hydrogens is 313 g/mol. The van der Waals surface area contributed by atoms with E-state index in [0.717, 1.165) is 18.0 Å². The summed E-state index contributed by atoms with van der Waals surface area (Å²) >= 11 is 7.09. The topological polar surface area (TPSA) is 63.8 Å². The van der Waals surface area contributed by atoms with Crippen molar-refractivity contribution in [2.75, 3.05) is 11.9 Å². The van der Waals surface area contributed by atoms with Gasteiger partial charge in [0.1, 0.15) is 0 Å². The highest BCUT2D eigenvalue weighted by Crippen LogP contribution is 2.33. The van der Waals surface area contributed by atoms with Gasteiger partial charge in [0, 0.05) is 18.0 Å². The zero-order valence-electron chi connectivity index (χ0n) is 10.0. The summed E-state index contributed by atoms with van der Waals surface area (Å²) in [6, 6.07) is 0.825. The third-order valence-corrected chi connectivity index (χ3v) is 3.44. The number of alkyl halides is 3. The summed E-state index contributed by atoms with van der Waals surface area (Å²) in [5.74, 6) is 0.133. The molecule has 0 bridgehead atoms. The van der Waals surface area contributed by atoms with Gasteiger partial charge >= 0.3 is 6.18 Å². The van der Waals surface area contributed by atoms with Crippen LogP contribution in [0, 0.1) is 0 Å². The fourth-order valence-electron chi connectivity index (χ4n) is 1.41. The first-order valence-corrected chi connectivity index (χ1v) is 6.80. The Morgan fingerprint density at radius 1 is 1.40 bits per heavy atom. The van der Waals surface area contributed by atoms with E-state index in [1.54, 1.807) is 0 Å². The molecule has 0 radical (unpaired) electrons. The average Bonchev–Trinajstić information content (AvgIpc) is 2.78. The van der Waals surface area contributed by atoms with Gasteiger partial charge in [-0.15, -0.1) is 11.3 Å². The predicted molar refractivity (Wildman–Crippen MR) is 72.4 cm³/mol. The minimum Gasteiger partial charge on any atom is -0.330 e. The van der Waals surface area contributed by atoms with Gasteiger partial charge in [0.05, 0.1) is 16.3 Å². The highest BCUT2D eigenvalue weighted by molar-refractivity contribution is 7.13. The van der Waals surface area contributed by atoms with E-state index in [1.807, 2.05) is 5.38 Å². The highest BCUT2D eigenvalue weighted by Gasteiger charge is 2.31. The van der Waals surface area contributed by atoms with E-state index < -0.39 is 11.7 Å². The second-order valence-corrected chi connectivity index (χ2v) is 5.13. The molecule has 0 unspecified atom stereocenters. The first-order chi connectivity index (χ1) is 9.40. The largest absolute Gasteiger partial charge is 0.417 e. The van der Waals surface area contributed by atoms with Crippen LogP contribution in [-0.4, -0.2) is 16.5 Å². The van der Waals surface area contributed by atoms with E-state index in [2.05, 4.69) is 15.3 Å². The smallest absolute Gasteiger partial charge is 0.330 e. The minimum absolute atomic E-state index is 0.115. The lowest BCUT2D eigenvalue weighted by Crippen LogP contribution is -2.06. The van der Waals surface area contributed by atoms with E-state index >= 15 is 0 Å². The molecule has 3 N–H and O–H groups in total. The van der Waals surface area contributed by atoms with Crippen molar-refractivity contribution < 1.29 is 13.2 Å². The highest BCUT2D eigenvalue weighted by atomic mass is 35.5. The van der Waals surface area contributed by atoms with Gasteiger partial charge in [-0.1, -0.05) is 11.6 Å². The summed E-state index contributed by atoms with van der Waals surface area (Å²) < 4.78 is 37.4. The lowest BCUT2D eigenvalue weighted by atomic mass is 10.3. The number of nitrogens with one attached hydrogen (secondary N) is 1. The number of aromatic nitrogens is 2. The molecule has 2 aromatic rings. The molecule has 108 valence electrons. The summed E-state index contributed by atoms with van der Waals surface area (Å²) in [5, 5.41) is 4.99. The van der Waals surface area contributed by atoms with Crippen molar-refractivity contribution in [3.05, 3.63) is 33.9 Å². The maximum atomic E-state index is 12.5. The van der Waals surface area contributed by atoms with Gasteiger partial charge < -0.3 is 11.1 Å². The van der Waals surface area contributed by atoms with Gasteiger partial charge in [-0.05, 0) is 12.6 Å². The van der Waals surface area contributed by atoms with Crippen LogP contribution in [0.15, 0.2) is 17.6 Å². The van der Waals surface area contributed by atoms with Crippen LogP contribution in [0.1, 0.15) is 11.3 Å². The molecule has 2 heterocycles. The van der Waals surface area contributed by atoms with Gasteiger partial charge in [0.25, 0.3) is 0 Å². The number of hydrogen-bond donors (Lipinski definition) is 2. The maximum absolute atomic E-state index is 12.5. The summed E-state index contributed by atoms with van der Waals surface area (Å²) in [6.45, 7) is 0.475. The number of hydrogen-bond acceptors (Lipinski definition) is 5. The molecule has 0 aliphatic heterocycles. The molecule has 20 heavy (non-hydrogen) atoms. The molecule has 0 spiro atoms. The number of rotatable bonds is 4. The second-order valence-electron chi connectivity index (χ2n) is 3.86.